The first kappa shape index (κ1) is 55.6. The van der Waals surface area contributed by atoms with Crippen molar-refractivity contribution in [3.8, 4) is 0 Å². The van der Waals surface area contributed by atoms with E-state index in [2.05, 4.69) is 16.0 Å². The summed E-state index contributed by atoms with van der Waals surface area (Å²) in [7, 11) is 1.27. The molecular formula is C36H59N11O17S. The molecule has 7 amide bonds. The Morgan fingerprint density at radius 3 is 1.63 bits per heavy atom. The first-order valence-corrected chi connectivity index (χ1v) is 21.0. The molecule has 1 fully saturated rings. The number of rotatable bonds is 25. The Morgan fingerprint density at radius 2 is 1.18 bits per heavy atom. The van der Waals surface area contributed by atoms with Gasteiger partial charge in [-0.25, -0.2) is 24.8 Å². The summed E-state index contributed by atoms with van der Waals surface area (Å²) in [6.45, 7) is 1.14. The van der Waals surface area contributed by atoms with E-state index < -0.39 is 119 Å². The second-order valence-electron chi connectivity index (χ2n) is 15.1. The van der Waals surface area contributed by atoms with Crippen LogP contribution in [0.1, 0.15) is 64.7 Å². The first-order chi connectivity index (χ1) is 30.3. The SMILES string of the molecule is CC(=O)N(O)CCC[C@H](NC(=O)[C@H](CCCN(O)C(C)=O)NC(=O)[C@@H](N)CCCN(O)C(C)=O)C(=O)N[C@@H](CO)C(=O)N[C@@H](C(=O)O)[C@@H](O)[C@H]1S[C@@H](n2ccc(=N)n(C)c2=O)[C@H](O)[C@H]1O. The smallest absolute Gasteiger partial charge is 0.330 e. The standard InChI is InChI=1S/C36H59N11O17S/c1-17(49)45(62)12-5-8-20(37)30(55)39-21(9-6-13-46(63)18(2)50)31(56)40-22(10-7-14-47(64)19(3)51)32(57)41-23(16-48)33(58)42-25(35(59)60)26(52)29-27(53)28(54)34(65-29)44-15-11-24(38)43(4)36(44)61/h11,15,20-23,25-29,34,38,48,52-54,62-64H,5-10,12-14,16,37H2,1-4H3,(H,39,55)(H,40,56)(H,41,57)(H,42,58)(H,59,60)/t20-,21-,22-,23-,25+,26+,27+,28+,29+,34+/m0/s1. The molecule has 29 heteroatoms. The second-order valence-corrected chi connectivity index (χ2v) is 16.4. The molecule has 15 N–H and O–H groups in total. The molecule has 10 atom stereocenters. The molecule has 1 aromatic rings. The van der Waals surface area contributed by atoms with Crippen molar-refractivity contribution in [3.05, 3.63) is 28.2 Å². The predicted octanol–water partition coefficient (Wildman–Crippen LogP) is -6.24. The van der Waals surface area contributed by atoms with E-state index in [-0.39, 0.29) is 63.6 Å². The number of hydroxylamine groups is 6. The van der Waals surface area contributed by atoms with Gasteiger partial charge in [-0.05, 0) is 44.6 Å². The first-order valence-electron chi connectivity index (χ1n) is 20.1. The Morgan fingerprint density at radius 1 is 0.754 bits per heavy atom. The quantitative estimate of drug-likeness (QED) is 0.0320. The van der Waals surface area contributed by atoms with Crippen LogP contribution in [0.3, 0.4) is 0 Å². The summed E-state index contributed by atoms with van der Waals surface area (Å²) < 4.78 is 1.87. The molecule has 1 aromatic heterocycles. The Kier molecular flexibility index (Phi) is 22.1. The molecule has 2 heterocycles. The topological polar surface area (TPSA) is 433 Å². The summed E-state index contributed by atoms with van der Waals surface area (Å²) in [6.07, 6.45) is -5.62. The summed E-state index contributed by atoms with van der Waals surface area (Å²) in [5.41, 5.74) is 5.00. The van der Waals surface area contributed by atoms with Gasteiger partial charge in [0, 0.05) is 53.6 Å². The highest BCUT2D eigenvalue weighted by Gasteiger charge is 2.50. The number of hydrogen-bond donors (Lipinski definition) is 14. The summed E-state index contributed by atoms with van der Waals surface area (Å²) in [4.78, 5) is 114. The van der Waals surface area contributed by atoms with E-state index in [1.165, 1.54) is 13.1 Å². The van der Waals surface area contributed by atoms with E-state index in [0.29, 0.717) is 27.0 Å². The maximum Gasteiger partial charge on any atom is 0.330 e. The number of carbonyl (C=O) groups is 8. The summed E-state index contributed by atoms with van der Waals surface area (Å²) in [5, 5.41) is 97.1. The van der Waals surface area contributed by atoms with Crippen molar-refractivity contribution in [2.24, 2.45) is 12.8 Å². The van der Waals surface area contributed by atoms with E-state index in [4.69, 9.17) is 11.1 Å². The zero-order valence-corrected chi connectivity index (χ0v) is 36.8. The van der Waals surface area contributed by atoms with Gasteiger partial charge in [-0.2, -0.15) is 0 Å². The van der Waals surface area contributed by atoms with Crippen LogP contribution in [0.25, 0.3) is 0 Å². The van der Waals surface area contributed by atoms with Gasteiger partial charge in [-0.1, -0.05) is 0 Å². The minimum absolute atomic E-state index is 0.0607. The minimum Gasteiger partial charge on any atom is -0.480 e. The third-order valence-corrected chi connectivity index (χ3v) is 11.8. The van der Waals surface area contributed by atoms with Crippen molar-refractivity contribution >= 4 is 59.1 Å². The van der Waals surface area contributed by atoms with Crippen molar-refractivity contribution < 1.29 is 79.5 Å². The second kappa shape index (κ2) is 25.8. The van der Waals surface area contributed by atoms with Gasteiger partial charge in [0.25, 0.3) is 0 Å². The highest BCUT2D eigenvalue weighted by atomic mass is 32.2. The zero-order valence-electron chi connectivity index (χ0n) is 36.0. The fraction of sp³-hybridized carbons (Fsp3) is 0.667. The number of aliphatic hydroxyl groups is 4. The van der Waals surface area contributed by atoms with E-state index in [1.807, 2.05) is 5.32 Å². The van der Waals surface area contributed by atoms with Crippen LogP contribution < -0.4 is 38.2 Å². The molecule has 1 aliphatic heterocycles. The third-order valence-electron chi connectivity index (χ3n) is 10.2. The number of aliphatic carboxylic acids is 1. The van der Waals surface area contributed by atoms with Gasteiger partial charge in [-0.3, -0.25) is 63.7 Å². The molecule has 0 unspecified atom stereocenters. The van der Waals surface area contributed by atoms with Crippen LogP contribution >= 0.6 is 11.8 Å². The Balaban J connectivity index is 2.33. The van der Waals surface area contributed by atoms with E-state index in [1.54, 1.807) is 0 Å². The lowest BCUT2D eigenvalue weighted by Gasteiger charge is -2.29. The molecular weight excluding hydrogens is 891 g/mol. The molecule has 0 saturated carbocycles. The lowest BCUT2D eigenvalue weighted by Crippen LogP contribution is -2.61. The van der Waals surface area contributed by atoms with Crippen molar-refractivity contribution in [1.29, 1.82) is 5.41 Å². The Bertz CT molecular complexity index is 1990. The minimum atomic E-state index is -2.27. The highest BCUT2D eigenvalue weighted by molar-refractivity contribution is 8.00. The number of thioether (sulfide) groups is 1. The van der Waals surface area contributed by atoms with Crippen LogP contribution in [0, 0.1) is 5.41 Å². The molecule has 366 valence electrons. The van der Waals surface area contributed by atoms with Crippen molar-refractivity contribution in [3.63, 3.8) is 0 Å². The predicted molar refractivity (Wildman–Crippen MR) is 220 cm³/mol. The van der Waals surface area contributed by atoms with Crippen LogP contribution in [0.4, 0.5) is 0 Å². The zero-order chi connectivity index (χ0) is 49.5. The number of nitrogens with zero attached hydrogens (tertiary/aromatic N) is 5. The molecule has 1 aliphatic rings. The van der Waals surface area contributed by atoms with Gasteiger partial charge in [0.15, 0.2) is 6.04 Å². The van der Waals surface area contributed by atoms with Crippen molar-refractivity contribution in [2.75, 3.05) is 26.2 Å². The number of amides is 7. The van der Waals surface area contributed by atoms with Crippen molar-refractivity contribution in [2.45, 2.75) is 118 Å². The number of nitrogens with one attached hydrogen (secondary N) is 5. The molecule has 2 rings (SSSR count). The summed E-state index contributed by atoms with van der Waals surface area (Å²) in [6, 6.07) is -7.52. The van der Waals surface area contributed by atoms with Crippen LogP contribution in [-0.4, -0.2) is 193 Å². The number of nitrogens with two attached hydrogens (primary N) is 1. The maximum atomic E-state index is 13.8. The van der Waals surface area contributed by atoms with E-state index >= 15 is 0 Å². The van der Waals surface area contributed by atoms with Crippen LogP contribution in [-0.2, 0) is 45.4 Å². The van der Waals surface area contributed by atoms with Gasteiger partial charge in [0.1, 0.15) is 35.1 Å². The molecule has 65 heavy (non-hydrogen) atoms. The van der Waals surface area contributed by atoms with Gasteiger partial charge in [-0.15, -0.1) is 11.8 Å². The van der Waals surface area contributed by atoms with Crippen LogP contribution in [0.15, 0.2) is 17.1 Å². The van der Waals surface area contributed by atoms with Gasteiger partial charge < -0.3 is 52.5 Å². The van der Waals surface area contributed by atoms with Gasteiger partial charge in [0.05, 0.1) is 30.1 Å². The Labute approximate surface area is 374 Å². The molecule has 0 aliphatic carbocycles. The number of hydrogen-bond acceptors (Lipinski definition) is 19. The third kappa shape index (κ3) is 16.1. The maximum absolute atomic E-state index is 13.8. The van der Waals surface area contributed by atoms with Crippen LogP contribution in [0.5, 0.6) is 0 Å². The number of carboxylic acids is 1. The van der Waals surface area contributed by atoms with E-state index in [0.717, 1.165) is 36.1 Å². The lowest BCUT2D eigenvalue weighted by atomic mass is 10.00. The number of carboxylic acid groups (broad SMARTS) is 1. The average molecular weight is 950 g/mol. The van der Waals surface area contributed by atoms with Gasteiger partial charge in [0.2, 0.25) is 41.4 Å². The lowest BCUT2D eigenvalue weighted by molar-refractivity contribution is -0.163. The fourth-order valence-corrected chi connectivity index (χ4v) is 7.82. The molecule has 0 radical (unpaired) electrons. The Hall–Kier alpha value is -5.53. The van der Waals surface area contributed by atoms with Crippen molar-refractivity contribution in [1.82, 2.24) is 45.6 Å². The van der Waals surface area contributed by atoms with Gasteiger partial charge >= 0.3 is 11.7 Å². The fourth-order valence-electron chi connectivity index (χ4n) is 6.24. The number of aliphatic hydroxyl groups excluding tert-OH is 4. The van der Waals surface area contributed by atoms with Crippen LogP contribution in [0.2, 0.25) is 0 Å². The van der Waals surface area contributed by atoms with E-state index in [9.17, 15) is 84.3 Å². The largest absolute Gasteiger partial charge is 0.480 e. The summed E-state index contributed by atoms with van der Waals surface area (Å²) >= 11 is 0.592. The number of aromatic nitrogens is 2. The highest BCUT2D eigenvalue weighted by Crippen LogP contribution is 2.43. The normalized spacial score (nSPS) is 19.6. The molecule has 0 bridgehead atoms. The number of carbonyl (C=O) groups excluding carboxylic acids is 7. The average Bonchev–Trinajstić information content (AvgIpc) is 3.54. The molecule has 28 nitrogen and oxygen atoms in total. The monoisotopic (exact) mass is 949 g/mol. The molecule has 1 saturated heterocycles. The summed E-state index contributed by atoms with van der Waals surface area (Å²) in [5.74, 6) is -8.59. The molecule has 0 aromatic carbocycles. The molecule has 0 spiro atoms.